The van der Waals surface area contributed by atoms with Crippen molar-refractivity contribution in [3.63, 3.8) is 0 Å². The number of benzene rings is 3. The van der Waals surface area contributed by atoms with Gasteiger partial charge in [-0.05, 0) is 29.8 Å². The lowest BCUT2D eigenvalue weighted by Gasteiger charge is -2.25. The average Bonchev–Trinajstić information content (AvgIpc) is 2.91. The Hall–Kier alpha value is -4.56. The molecule has 5 aromatic rings. The minimum Gasteiger partial charge on any atom is -0.380 e. The fourth-order valence-corrected chi connectivity index (χ4v) is 4.64. The van der Waals surface area contributed by atoms with E-state index in [1.807, 2.05) is 72.8 Å². The number of para-hydroxylation sites is 2. The molecule has 0 atom stereocenters. The molecular weight excluding hydrogens is 486 g/mol. The van der Waals surface area contributed by atoms with Crippen LogP contribution in [-0.2, 0) is 16.7 Å². The van der Waals surface area contributed by atoms with E-state index in [0.29, 0.717) is 22.3 Å². The SMILES string of the molecule is CS(=O)(=O)Oc1cnc2ccccc2c1C(=O)N(Cc1ncccc1-c1ccccc1)c1ccccc1. The average molecular weight is 510 g/mol. The van der Waals surface area contributed by atoms with Gasteiger partial charge in [-0.15, -0.1) is 0 Å². The molecule has 0 aliphatic heterocycles. The number of anilines is 1. The number of nitrogens with zero attached hydrogens (tertiary/aromatic N) is 3. The van der Waals surface area contributed by atoms with E-state index in [0.717, 1.165) is 17.4 Å². The minimum absolute atomic E-state index is 0.108. The zero-order valence-electron chi connectivity index (χ0n) is 20.0. The molecule has 0 unspecified atom stereocenters. The van der Waals surface area contributed by atoms with Gasteiger partial charge in [-0.25, -0.2) is 0 Å². The van der Waals surface area contributed by atoms with E-state index in [9.17, 15) is 13.2 Å². The maximum absolute atomic E-state index is 14.3. The molecule has 2 heterocycles. The van der Waals surface area contributed by atoms with Gasteiger partial charge in [0.05, 0.1) is 35.8 Å². The van der Waals surface area contributed by atoms with E-state index in [-0.39, 0.29) is 17.9 Å². The van der Waals surface area contributed by atoms with Gasteiger partial charge < -0.3 is 9.08 Å². The summed E-state index contributed by atoms with van der Waals surface area (Å²) in [5.41, 5.74) is 3.84. The summed E-state index contributed by atoms with van der Waals surface area (Å²) in [7, 11) is -3.92. The fraction of sp³-hybridized carbons (Fsp3) is 0.0690. The Morgan fingerprint density at radius 1 is 0.838 bits per heavy atom. The van der Waals surface area contributed by atoms with Crippen molar-refractivity contribution in [1.82, 2.24) is 9.97 Å². The second kappa shape index (κ2) is 10.2. The Labute approximate surface area is 215 Å². The lowest BCUT2D eigenvalue weighted by Crippen LogP contribution is -2.32. The van der Waals surface area contributed by atoms with Gasteiger partial charge in [0, 0.05) is 22.8 Å². The molecule has 2 aromatic heterocycles. The quantitative estimate of drug-likeness (QED) is 0.270. The number of carbonyl (C=O) groups excluding carboxylic acids is 1. The molecule has 8 heteroatoms. The molecule has 0 bridgehead atoms. The number of rotatable bonds is 7. The summed E-state index contributed by atoms with van der Waals surface area (Å²) in [6, 6.07) is 29.9. The molecule has 3 aromatic carbocycles. The molecule has 37 heavy (non-hydrogen) atoms. The normalized spacial score (nSPS) is 11.3. The zero-order chi connectivity index (χ0) is 25.8. The molecule has 0 saturated heterocycles. The highest BCUT2D eigenvalue weighted by Gasteiger charge is 2.27. The maximum Gasteiger partial charge on any atom is 0.306 e. The molecular formula is C29H23N3O4S. The Morgan fingerprint density at radius 2 is 1.51 bits per heavy atom. The summed E-state index contributed by atoms with van der Waals surface area (Å²) in [4.78, 5) is 24.8. The highest BCUT2D eigenvalue weighted by atomic mass is 32.2. The van der Waals surface area contributed by atoms with Crippen molar-refractivity contribution in [3.05, 3.63) is 121 Å². The van der Waals surface area contributed by atoms with Crippen LogP contribution in [-0.4, -0.2) is 30.5 Å². The van der Waals surface area contributed by atoms with Gasteiger partial charge in [0.15, 0.2) is 5.75 Å². The van der Waals surface area contributed by atoms with Crippen molar-refractivity contribution in [1.29, 1.82) is 0 Å². The first-order valence-electron chi connectivity index (χ1n) is 11.5. The number of aromatic nitrogens is 2. The van der Waals surface area contributed by atoms with Crippen molar-refractivity contribution in [2.24, 2.45) is 0 Å². The van der Waals surface area contributed by atoms with Crippen LogP contribution in [0.3, 0.4) is 0 Å². The summed E-state index contributed by atoms with van der Waals surface area (Å²) < 4.78 is 29.4. The second-order valence-corrected chi connectivity index (χ2v) is 9.97. The largest absolute Gasteiger partial charge is 0.380 e. The molecule has 184 valence electrons. The van der Waals surface area contributed by atoms with Crippen LogP contribution in [0.25, 0.3) is 22.0 Å². The van der Waals surface area contributed by atoms with Gasteiger partial charge in [-0.2, -0.15) is 8.42 Å². The zero-order valence-corrected chi connectivity index (χ0v) is 20.8. The van der Waals surface area contributed by atoms with E-state index >= 15 is 0 Å². The standard InChI is InChI=1S/C29H23N3O4S/c1-37(34,35)36-27-19-31-25-17-9-8-15-24(25)28(27)29(33)32(22-13-6-3-7-14-22)20-26-23(16-10-18-30-26)21-11-4-2-5-12-21/h2-19H,20H2,1H3. The van der Waals surface area contributed by atoms with Crippen LogP contribution in [0.15, 0.2) is 109 Å². The van der Waals surface area contributed by atoms with Crippen molar-refractivity contribution < 1.29 is 17.4 Å². The van der Waals surface area contributed by atoms with Gasteiger partial charge in [0.1, 0.15) is 0 Å². The van der Waals surface area contributed by atoms with E-state index in [1.54, 1.807) is 35.4 Å². The molecule has 0 aliphatic rings. The van der Waals surface area contributed by atoms with Crippen LogP contribution in [0.4, 0.5) is 5.69 Å². The van der Waals surface area contributed by atoms with Crippen LogP contribution in [0, 0.1) is 0 Å². The predicted octanol–water partition coefficient (Wildman–Crippen LogP) is 5.48. The first-order valence-corrected chi connectivity index (χ1v) is 13.4. The second-order valence-electron chi connectivity index (χ2n) is 8.39. The monoisotopic (exact) mass is 509 g/mol. The number of fused-ring (bicyclic) bond motifs is 1. The summed E-state index contributed by atoms with van der Waals surface area (Å²) in [5.74, 6) is -0.565. The number of hydrogen-bond donors (Lipinski definition) is 0. The molecule has 0 saturated carbocycles. The Kier molecular flexibility index (Phi) is 6.66. The van der Waals surface area contributed by atoms with Crippen LogP contribution >= 0.6 is 0 Å². The molecule has 7 nitrogen and oxygen atoms in total. The van der Waals surface area contributed by atoms with Crippen LogP contribution in [0.1, 0.15) is 16.1 Å². The minimum atomic E-state index is -3.92. The molecule has 0 fully saturated rings. The van der Waals surface area contributed by atoms with Crippen molar-refractivity contribution in [2.75, 3.05) is 11.2 Å². The highest BCUT2D eigenvalue weighted by molar-refractivity contribution is 7.86. The van der Waals surface area contributed by atoms with Gasteiger partial charge >= 0.3 is 10.1 Å². The number of amides is 1. The fourth-order valence-electron chi connectivity index (χ4n) is 4.19. The predicted molar refractivity (Wildman–Crippen MR) is 144 cm³/mol. The summed E-state index contributed by atoms with van der Waals surface area (Å²) >= 11 is 0. The smallest absolute Gasteiger partial charge is 0.306 e. The summed E-state index contributed by atoms with van der Waals surface area (Å²) in [5, 5.41) is 0.485. The van der Waals surface area contributed by atoms with Crippen LogP contribution < -0.4 is 9.08 Å². The number of carbonyl (C=O) groups is 1. The molecule has 0 radical (unpaired) electrons. The molecule has 0 spiro atoms. The molecule has 0 aliphatic carbocycles. The first kappa shape index (κ1) is 24.1. The van der Waals surface area contributed by atoms with Gasteiger partial charge in [-0.3, -0.25) is 14.8 Å². The van der Waals surface area contributed by atoms with Gasteiger partial charge in [0.2, 0.25) is 0 Å². The van der Waals surface area contributed by atoms with E-state index in [2.05, 4.69) is 9.97 Å². The topological polar surface area (TPSA) is 89.5 Å². The van der Waals surface area contributed by atoms with E-state index in [1.165, 1.54) is 6.20 Å². The molecule has 1 amide bonds. The molecule has 5 rings (SSSR count). The number of hydrogen-bond acceptors (Lipinski definition) is 6. The van der Waals surface area contributed by atoms with Crippen molar-refractivity contribution in [2.45, 2.75) is 6.54 Å². The van der Waals surface area contributed by atoms with Crippen LogP contribution in [0.5, 0.6) is 5.75 Å². The van der Waals surface area contributed by atoms with E-state index < -0.39 is 16.0 Å². The maximum atomic E-state index is 14.3. The molecule has 0 N–H and O–H groups in total. The Balaban J connectivity index is 1.67. The van der Waals surface area contributed by atoms with Gasteiger partial charge in [-0.1, -0.05) is 72.8 Å². The Morgan fingerprint density at radius 3 is 2.24 bits per heavy atom. The van der Waals surface area contributed by atoms with Crippen molar-refractivity contribution in [3.8, 4) is 16.9 Å². The lowest BCUT2D eigenvalue weighted by atomic mass is 10.0. The van der Waals surface area contributed by atoms with Gasteiger partial charge in [0.25, 0.3) is 5.91 Å². The third-order valence-electron chi connectivity index (χ3n) is 5.79. The highest BCUT2D eigenvalue weighted by Crippen LogP contribution is 2.32. The van der Waals surface area contributed by atoms with Crippen LogP contribution in [0.2, 0.25) is 0 Å². The summed E-state index contributed by atoms with van der Waals surface area (Å²) in [6.45, 7) is 0.142. The van der Waals surface area contributed by atoms with Crippen molar-refractivity contribution >= 4 is 32.6 Å². The Bertz CT molecular complexity index is 1670. The van der Waals surface area contributed by atoms with E-state index in [4.69, 9.17) is 4.18 Å². The lowest BCUT2D eigenvalue weighted by molar-refractivity contribution is 0.0985. The summed E-state index contributed by atoms with van der Waals surface area (Å²) in [6.07, 6.45) is 3.90. The first-order chi connectivity index (χ1) is 17.9. The third-order valence-corrected chi connectivity index (χ3v) is 6.27. The third kappa shape index (κ3) is 5.34. The number of pyridine rings is 2.